The van der Waals surface area contributed by atoms with Crippen LogP contribution in [0.2, 0.25) is 0 Å². The fourth-order valence-corrected chi connectivity index (χ4v) is 3.84. The maximum Gasteiger partial charge on any atom is 0.258 e. The van der Waals surface area contributed by atoms with Crippen LogP contribution >= 0.6 is 15.9 Å². The lowest BCUT2D eigenvalue weighted by atomic mass is 10.1. The minimum atomic E-state index is -0.188. The second-order valence-corrected chi connectivity index (χ2v) is 8.16. The Hall–Kier alpha value is -3.38. The molecule has 0 unspecified atom stereocenters. The van der Waals surface area contributed by atoms with Gasteiger partial charge in [0.15, 0.2) is 0 Å². The van der Waals surface area contributed by atoms with Gasteiger partial charge in [-0.3, -0.25) is 15.1 Å². The lowest BCUT2D eigenvalue weighted by molar-refractivity contribution is 0.0976. The maximum absolute atomic E-state index is 12.9. The van der Waals surface area contributed by atoms with Crippen LogP contribution in [0.25, 0.3) is 10.9 Å². The number of carbonyl (C=O) groups is 1. The first-order valence-corrected chi connectivity index (χ1v) is 10.9. The van der Waals surface area contributed by atoms with E-state index in [4.69, 9.17) is 0 Å². The Morgan fingerprint density at radius 1 is 1.03 bits per heavy atom. The van der Waals surface area contributed by atoms with Crippen LogP contribution in [-0.2, 0) is 6.42 Å². The predicted octanol–water partition coefficient (Wildman–Crippen LogP) is 5.68. The number of para-hydroxylation sites is 1. The van der Waals surface area contributed by atoms with Crippen molar-refractivity contribution in [1.82, 2.24) is 10.3 Å². The highest BCUT2D eigenvalue weighted by atomic mass is 79.9. The molecule has 0 saturated carbocycles. The number of aliphatic imine (C=N–C) groups is 1. The second kappa shape index (κ2) is 9.62. The van der Waals surface area contributed by atoms with E-state index in [1.807, 2.05) is 73.8 Å². The molecule has 156 valence electrons. The molecule has 0 bridgehead atoms. The predicted molar refractivity (Wildman–Crippen MR) is 131 cm³/mol. The van der Waals surface area contributed by atoms with E-state index in [-0.39, 0.29) is 5.91 Å². The van der Waals surface area contributed by atoms with Crippen molar-refractivity contribution in [3.63, 3.8) is 0 Å². The van der Waals surface area contributed by atoms with E-state index < -0.39 is 0 Å². The molecule has 0 saturated heterocycles. The third kappa shape index (κ3) is 5.22. The number of benzene rings is 3. The van der Waals surface area contributed by atoms with E-state index in [1.54, 1.807) is 0 Å². The number of halogens is 1. The highest BCUT2D eigenvalue weighted by Crippen LogP contribution is 2.18. The van der Waals surface area contributed by atoms with Crippen molar-refractivity contribution in [2.75, 3.05) is 11.9 Å². The molecule has 1 aromatic heterocycles. The van der Waals surface area contributed by atoms with Crippen LogP contribution in [0.3, 0.4) is 0 Å². The second-order valence-electron chi connectivity index (χ2n) is 7.24. The molecule has 3 aromatic carbocycles. The van der Waals surface area contributed by atoms with Crippen LogP contribution in [0.1, 0.15) is 21.5 Å². The van der Waals surface area contributed by atoms with Gasteiger partial charge < -0.3 is 10.3 Å². The Kier molecular flexibility index (Phi) is 6.48. The number of fused-ring (bicyclic) bond motifs is 1. The van der Waals surface area contributed by atoms with Crippen molar-refractivity contribution in [3.8, 4) is 0 Å². The molecule has 1 amide bonds. The topological polar surface area (TPSA) is 69.3 Å². The van der Waals surface area contributed by atoms with Crippen LogP contribution in [0.4, 0.5) is 5.69 Å². The van der Waals surface area contributed by atoms with Crippen LogP contribution in [0, 0.1) is 6.92 Å². The number of carbonyl (C=O) groups excluding carboxylic acids is 1. The van der Waals surface area contributed by atoms with Gasteiger partial charge in [-0.05, 0) is 54.8 Å². The Morgan fingerprint density at radius 2 is 1.84 bits per heavy atom. The zero-order valence-corrected chi connectivity index (χ0v) is 18.7. The molecule has 3 N–H and O–H groups in total. The third-order valence-corrected chi connectivity index (χ3v) is 5.53. The van der Waals surface area contributed by atoms with E-state index in [0.717, 1.165) is 27.7 Å². The number of aromatic nitrogens is 1. The highest BCUT2D eigenvalue weighted by Gasteiger charge is 2.12. The number of aryl methyl sites for hydroxylation is 1. The Balaban J connectivity index is 1.53. The van der Waals surface area contributed by atoms with E-state index in [2.05, 4.69) is 48.7 Å². The summed E-state index contributed by atoms with van der Waals surface area (Å²) in [6.07, 6.45) is 2.78. The lowest BCUT2D eigenvalue weighted by Gasteiger charge is -2.13. The minimum absolute atomic E-state index is 0.188. The average molecular weight is 475 g/mol. The fraction of sp³-hybridized carbons (Fsp3) is 0.120. The largest absolute Gasteiger partial charge is 0.361 e. The number of H-pyrrole nitrogens is 1. The van der Waals surface area contributed by atoms with Gasteiger partial charge in [-0.15, -0.1) is 0 Å². The number of nitrogens with one attached hydrogen (secondary N) is 3. The number of amides is 1. The zero-order valence-electron chi connectivity index (χ0n) is 17.2. The quantitative estimate of drug-likeness (QED) is 0.257. The SMILES string of the molecule is Cc1ccccc1C(=O)NC(=NCCc1c[nH]c2ccccc12)Nc1cccc(Br)c1. The van der Waals surface area contributed by atoms with Gasteiger partial charge in [-0.2, -0.15) is 0 Å². The molecule has 0 aliphatic heterocycles. The number of guanidine groups is 1. The molecule has 5 nitrogen and oxygen atoms in total. The maximum atomic E-state index is 12.9. The number of anilines is 1. The highest BCUT2D eigenvalue weighted by molar-refractivity contribution is 9.10. The zero-order chi connectivity index (χ0) is 21.6. The molecule has 1 heterocycles. The number of nitrogens with zero attached hydrogens (tertiary/aromatic N) is 1. The summed E-state index contributed by atoms with van der Waals surface area (Å²) in [6, 6.07) is 23.5. The molecule has 0 fully saturated rings. The number of aromatic amines is 1. The van der Waals surface area contributed by atoms with E-state index >= 15 is 0 Å². The van der Waals surface area contributed by atoms with Gasteiger partial charge in [0, 0.05) is 39.4 Å². The first-order valence-electron chi connectivity index (χ1n) is 10.1. The molecule has 31 heavy (non-hydrogen) atoms. The Morgan fingerprint density at radius 3 is 2.68 bits per heavy atom. The van der Waals surface area contributed by atoms with Gasteiger partial charge >= 0.3 is 0 Å². The summed E-state index contributed by atoms with van der Waals surface area (Å²) in [5.74, 6) is 0.234. The number of hydrogen-bond donors (Lipinski definition) is 3. The first kappa shape index (κ1) is 20.9. The molecular formula is C25H23BrN4O. The molecule has 6 heteroatoms. The molecule has 4 aromatic rings. The van der Waals surface area contributed by atoms with Crippen molar-refractivity contribution in [2.45, 2.75) is 13.3 Å². The average Bonchev–Trinajstić information content (AvgIpc) is 3.17. The van der Waals surface area contributed by atoms with Crippen LogP contribution in [-0.4, -0.2) is 23.4 Å². The van der Waals surface area contributed by atoms with Gasteiger partial charge in [0.25, 0.3) is 5.91 Å². The number of hydrogen-bond acceptors (Lipinski definition) is 2. The number of rotatable bonds is 5. The van der Waals surface area contributed by atoms with Crippen LogP contribution in [0.5, 0.6) is 0 Å². The summed E-state index contributed by atoms with van der Waals surface area (Å²) >= 11 is 3.48. The molecule has 0 aliphatic carbocycles. The summed E-state index contributed by atoms with van der Waals surface area (Å²) in [5.41, 5.74) is 4.70. The van der Waals surface area contributed by atoms with Crippen molar-refractivity contribution in [2.24, 2.45) is 4.99 Å². The van der Waals surface area contributed by atoms with Gasteiger partial charge in [-0.25, -0.2) is 0 Å². The van der Waals surface area contributed by atoms with E-state index in [1.165, 1.54) is 10.9 Å². The molecule has 0 atom stereocenters. The van der Waals surface area contributed by atoms with Crippen molar-refractivity contribution in [1.29, 1.82) is 0 Å². The fourth-order valence-electron chi connectivity index (χ4n) is 3.44. The van der Waals surface area contributed by atoms with Crippen LogP contribution in [0.15, 0.2) is 88.5 Å². The van der Waals surface area contributed by atoms with E-state index in [0.29, 0.717) is 18.1 Å². The van der Waals surface area contributed by atoms with Gasteiger partial charge in [0.1, 0.15) is 0 Å². The van der Waals surface area contributed by atoms with Crippen molar-refractivity contribution >= 4 is 44.4 Å². The van der Waals surface area contributed by atoms with Gasteiger partial charge in [0.05, 0.1) is 0 Å². The van der Waals surface area contributed by atoms with E-state index in [9.17, 15) is 4.79 Å². The Bertz CT molecular complexity index is 1250. The monoisotopic (exact) mass is 474 g/mol. The molecule has 0 radical (unpaired) electrons. The smallest absolute Gasteiger partial charge is 0.258 e. The third-order valence-electron chi connectivity index (χ3n) is 5.03. The first-order chi connectivity index (χ1) is 15.1. The van der Waals surface area contributed by atoms with Gasteiger partial charge in [0.2, 0.25) is 5.96 Å². The van der Waals surface area contributed by atoms with Gasteiger partial charge in [-0.1, -0.05) is 58.4 Å². The summed E-state index contributed by atoms with van der Waals surface area (Å²) in [5, 5.41) is 7.37. The Labute approximate surface area is 189 Å². The molecular weight excluding hydrogens is 452 g/mol. The summed E-state index contributed by atoms with van der Waals surface area (Å²) < 4.78 is 0.945. The standard InChI is InChI=1S/C25H23BrN4O/c1-17-7-2-3-10-21(17)24(31)30-25(29-20-9-6-8-19(26)15-20)27-14-13-18-16-28-23-12-5-4-11-22(18)23/h2-12,15-16,28H,13-14H2,1H3,(H2,27,29,30,31). The molecule has 0 aliphatic rings. The summed E-state index contributed by atoms with van der Waals surface area (Å²) in [7, 11) is 0. The normalized spacial score (nSPS) is 11.5. The summed E-state index contributed by atoms with van der Waals surface area (Å²) in [6.45, 7) is 2.46. The molecule has 4 rings (SSSR count). The molecule has 0 spiro atoms. The minimum Gasteiger partial charge on any atom is -0.361 e. The lowest BCUT2D eigenvalue weighted by Crippen LogP contribution is -2.36. The van der Waals surface area contributed by atoms with Crippen LogP contribution < -0.4 is 10.6 Å². The summed E-state index contributed by atoms with van der Waals surface area (Å²) in [4.78, 5) is 20.8. The van der Waals surface area contributed by atoms with Crippen molar-refractivity contribution in [3.05, 3.63) is 100 Å². The van der Waals surface area contributed by atoms with Crippen molar-refractivity contribution < 1.29 is 4.79 Å².